The van der Waals surface area contributed by atoms with E-state index in [1.807, 2.05) is 0 Å². The molecule has 0 spiro atoms. The van der Waals surface area contributed by atoms with Gasteiger partial charge in [0.2, 0.25) is 15.8 Å². The number of hydrogen-bond acceptors (Lipinski definition) is 5. The van der Waals surface area contributed by atoms with Crippen LogP contribution < -0.4 is 4.72 Å². The quantitative estimate of drug-likeness (QED) is 0.612. The van der Waals surface area contributed by atoms with E-state index < -0.39 is 45.1 Å². The molecule has 0 saturated heterocycles. The number of carbonyl (C=O) groups is 2. The lowest BCUT2D eigenvalue weighted by molar-refractivity contribution is 0.0309. The number of Topliss-reactive ketones (excluding diaryl/α,β-unsaturated/α-hetero) is 1. The van der Waals surface area contributed by atoms with E-state index in [9.17, 15) is 26.8 Å². The van der Waals surface area contributed by atoms with Crippen molar-refractivity contribution in [2.75, 3.05) is 11.0 Å². The lowest BCUT2D eigenvalue weighted by Gasteiger charge is -2.13. The minimum absolute atomic E-state index is 0.137. The van der Waals surface area contributed by atoms with E-state index >= 15 is 0 Å². The first kappa shape index (κ1) is 19.5. The molecule has 2 rings (SSSR count). The number of rotatable bonds is 6. The van der Waals surface area contributed by atoms with Gasteiger partial charge in [0.25, 0.3) is 0 Å². The maximum Gasteiger partial charge on any atom is 0.344 e. The Morgan fingerprint density at radius 2 is 1.58 bits per heavy atom. The molecule has 0 aliphatic carbocycles. The van der Waals surface area contributed by atoms with E-state index in [0.717, 1.165) is 24.5 Å². The summed E-state index contributed by atoms with van der Waals surface area (Å²) in [5.74, 6) is -4.09. The smallest absolute Gasteiger partial charge is 0.344 e. The Labute approximate surface area is 148 Å². The van der Waals surface area contributed by atoms with E-state index in [-0.39, 0.29) is 11.3 Å². The van der Waals surface area contributed by atoms with Crippen LogP contribution in [0, 0.1) is 11.6 Å². The van der Waals surface area contributed by atoms with Crippen LogP contribution in [0.4, 0.5) is 14.5 Å². The van der Waals surface area contributed by atoms with Crippen molar-refractivity contribution in [3.63, 3.8) is 0 Å². The molecule has 2 aromatic rings. The zero-order valence-corrected chi connectivity index (χ0v) is 14.6. The van der Waals surface area contributed by atoms with Gasteiger partial charge in [0.1, 0.15) is 17.2 Å². The number of hydrogen-bond donors (Lipinski definition) is 1. The lowest BCUT2D eigenvalue weighted by atomic mass is 10.1. The number of esters is 1. The average molecular weight is 383 g/mol. The summed E-state index contributed by atoms with van der Waals surface area (Å²) in [4.78, 5) is 24.2. The summed E-state index contributed by atoms with van der Waals surface area (Å²) in [7, 11) is -3.46. The zero-order chi connectivity index (χ0) is 19.5. The van der Waals surface area contributed by atoms with Gasteiger partial charge in [0, 0.05) is 11.3 Å². The summed E-state index contributed by atoms with van der Waals surface area (Å²) in [6.07, 6.45) is -0.315. The number of ether oxygens (including phenoxy) is 1. The van der Waals surface area contributed by atoms with Crippen molar-refractivity contribution in [1.29, 1.82) is 0 Å². The van der Waals surface area contributed by atoms with Crippen LogP contribution in [0.25, 0.3) is 0 Å². The minimum atomic E-state index is -3.46. The third-order valence-electron chi connectivity index (χ3n) is 3.29. The number of benzene rings is 2. The standard InChI is InChI=1S/C17H15F2NO5S/c1-10(25-17(22)15-13(18)4-3-5-14(15)19)16(21)11-6-8-12(9-7-11)20-26(2,23)24/h3-10,20H,1-2H3. The third-order valence-corrected chi connectivity index (χ3v) is 3.90. The van der Waals surface area contributed by atoms with Crippen molar-refractivity contribution in [1.82, 2.24) is 0 Å². The van der Waals surface area contributed by atoms with Gasteiger partial charge in [0.15, 0.2) is 6.10 Å². The molecule has 138 valence electrons. The van der Waals surface area contributed by atoms with Crippen molar-refractivity contribution < 1.29 is 31.5 Å². The second-order valence-corrected chi connectivity index (χ2v) is 7.21. The maximum atomic E-state index is 13.6. The van der Waals surface area contributed by atoms with Gasteiger partial charge in [-0.05, 0) is 43.3 Å². The molecule has 0 aliphatic rings. The van der Waals surface area contributed by atoms with Crippen LogP contribution in [-0.4, -0.2) is 32.5 Å². The zero-order valence-electron chi connectivity index (χ0n) is 13.8. The van der Waals surface area contributed by atoms with E-state index in [4.69, 9.17) is 4.74 Å². The fourth-order valence-corrected chi connectivity index (χ4v) is 2.68. The van der Waals surface area contributed by atoms with E-state index in [0.29, 0.717) is 0 Å². The first-order valence-electron chi connectivity index (χ1n) is 7.35. The number of carbonyl (C=O) groups excluding carboxylic acids is 2. The van der Waals surface area contributed by atoms with Crippen LogP contribution in [0.3, 0.4) is 0 Å². The second-order valence-electron chi connectivity index (χ2n) is 5.46. The van der Waals surface area contributed by atoms with Gasteiger partial charge in [-0.15, -0.1) is 0 Å². The summed E-state index contributed by atoms with van der Waals surface area (Å²) >= 11 is 0. The van der Waals surface area contributed by atoms with Crippen molar-refractivity contribution in [2.45, 2.75) is 13.0 Å². The Morgan fingerprint density at radius 1 is 1.04 bits per heavy atom. The number of anilines is 1. The number of nitrogens with one attached hydrogen (secondary N) is 1. The maximum absolute atomic E-state index is 13.6. The molecule has 0 fully saturated rings. The molecule has 0 heterocycles. The van der Waals surface area contributed by atoms with Gasteiger partial charge in [-0.1, -0.05) is 6.07 Å². The van der Waals surface area contributed by atoms with Crippen molar-refractivity contribution in [2.24, 2.45) is 0 Å². The molecule has 0 saturated carbocycles. The van der Waals surface area contributed by atoms with Crippen molar-refractivity contribution >= 4 is 27.5 Å². The minimum Gasteiger partial charge on any atom is -0.451 e. The monoisotopic (exact) mass is 383 g/mol. The largest absolute Gasteiger partial charge is 0.451 e. The van der Waals surface area contributed by atoms with E-state index in [1.165, 1.54) is 31.2 Å². The van der Waals surface area contributed by atoms with E-state index in [2.05, 4.69) is 4.72 Å². The highest BCUT2D eigenvalue weighted by atomic mass is 32.2. The Bertz CT molecular complexity index is 922. The van der Waals surface area contributed by atoms with Gasteiger partial charge in [-0.25, -0.2) is 22.0 Å². The van der Waals surface area contributed by atoms with Gasteiger partial charge in [-0.3, -0.25) is 9.52 Å². The molecule has 9 heteroatoms. The van der Waals surface area contributed by atoms with Gasteiger partial charge in [0.05, 0.1) is 6.26 Å². The van der Waals surface area contributed by atoms with E-state index in [1.54, 1.807) is 0 Å². The first-order chi connectivity index (χ1) is 12.1. The fourth-order valence-electron chi connectivity index (χ4n) is 2.12. The topological polar surface area (TPSA) is 89.5 Å². The molecule has 0 aliphatic heterocycles. The molecule has 0 radical (unpaired) electrons. The summed E-state index contributed by atoms with van der Waals surface area (Å²) in [5.41, 5.74) is -0.486. The molecule has 2 aromatic carbocycles. The lowest BCUT2D eigenvalue weighted by Crippen LogP contribution is -2.25. The summed E-state index contributed by atoms with van der Waals surface area (Å²) in [6, 6.07) is 8.30. The predicted octanol–water partition coefficient (Wildman–Crippen LogP) is 2.76. The highest BCUT2D eigenvalue weighted by Crippen LogP contribution is 2.17. The molecular weight excluding hydrogens is 368 g/mol. The summed E-state index contributed by atoms with van der Waals surface area (Å²) < 4.78 is 56.5. The van der Waals surface area contributed by atoms with Crippen molar-refractivity contribution in [3.8, 4) is 0 Å². The predicted molar refractivity (Wildman–Crippen MR) is 90.5 cm³/mol. The average Bonchev–Trinajstić information content (AvgIpc) is 2.53. The molecule has 0 aromatic heterocycles. The van der Waals surface area contributed by atoms with Crippen LogP contribution in [0.15, 0.2) is 42.5 Å². The van der Waals surface area contributed by atoms with Crippen molar-refractivity contribution in [3.05, 3.63) is 65.2 Å². The molecule has 0 amide bonds. The molecule has 0 bridgehead atoms. The highest BCUT2D eigenvalue weighted by molar-refractivity contribution is 7.92. The molecule has 26 heavy (non-hydrogen) atoms. The number of halogens is 2. The van der Waals surface area contributed by atoms with Crippen LogP contribution in [0.5, 0.6) is 0 Å². The van der Waals surface area contributed by atoms with Crippen LogP contribution in [-0.2, 0) is 14.8 Å². The molecule has 1 unspecified atom stereocenters. The highest BCUT2D eigenvalue weighted by Gasteiger charge is 2.24. The van der Waals surface area contributed by atoms with Gasteiger partial charge >= 0.3 is 5.97 Å². The van der Waals surface area contributed by atoms with Crippen LogP contribution in [0.1, 0.15) is 27.6 Å². The van der Waals surface area contributed by atoms with Gasteiger partial charge in [-0.2, -0.15) is 0 Å². The number of ketones is 1. The molecular formula is C17H15F2NO5S. The van der Waals surface area contributed by atoms with Crippen LogP contribution >= 0.6 is 0 Å². The van der Waals surface area contributed by atoms with Gasteiger partial charge < -0.3 is 4.74 Å². The summed E-state index contributed by atoms with van der Waals surface area (Å²) in [6.45, 7) is 1.27. The molecule has 6 nitrogen and oxygen atoms in total. The molecule has 1 atom stereocenters. The SMILES string of the molecule is CC(OC(=O)c1c(F)cccc1F)C(=O)c1ccc(NS(C)(=O)=O)cc1. The normalized spacial score (nSPS) is 12.3. The Morgan fingerprint density at radius 3 is 2.08 bits per heavy atom. The Balaban J connectivity index is 2.11. The summed E-state index contributed by atoms with van der Waals surface area (Å²) in [5, 5.41) is 0. The third kappa shape index (κ3) is 4.85. The first-order valence-corrected chi connectivity index (χ1v) is 9.24. The fraction of sp³-hybridized carbons (Fsp3) is 0.176. The number of sulfonamides is 1. The van der Waals surface area contributed by atoms with Crippen LogP contribution in [0.2, 0.25) is 0 Å². The Kier molecular flexibility index (Phi) is 5.71. The molecule has 1 N–H and O–H groups in total. The Hall–Kier alpha value is -2.81. The second kappa shape index (κ2) is 7.61.